The summed E-state index contributed by atoms with van der Waals surface area (Å²) in [5, 5.41) is 0.343. The summed E-state index contributed by atoms with van der Waals surface area (Å²) in [5.74, 6) is 0. The summed E-state index contributed by atoms with van der Waals surface area (Å²) in [5.41, 5.74) is 3.26. The van der Waals surface area contributed by atoms with Crippen molar-refractivity contribution in [3.8, 4) is 0 Å². The first kappa shape index (κ1) is 23.5. The number of aryl methyl sites for hydroxylation is 2. The molecular formula is C20H24Cl2N2O4S2. The number of hydrogen-bond donors (Lipinski definition) is 0. The smallest absolute Gasteiger partial charge is 0.207 e. The molecule has 3 rings (SSSR count). The Bertz CT molecular complexity index is 1180. The van der Waals surface area contributed by atoms with Crippen molar-refractivity contribution in [2.75, 3.05) is 26.2 Å². The summed E-state index contributed by atoms with van der Waals surface area (Å²) in [6, 6.07) is 6.23. The van der Waals surface area contributed by atoms with Gasteiger partial charge in [-0.15, -0.1) is 0 Å². The third-order valence-corrected chi connectivity index (χ3v) is 10.4. The lowest BCUT2D eigenvalue weighted by Crippen LogP contribution is -2.50. The van der Waals surface area contributed by atoms with Gasteiger partial charge >= 0.3 is 0 Å². The van der Waals surface area contributed by atoms with Gasteiger partial charge in [-0.2, -0.15) is 8.61 Å². The molecule has 0 bridgehead atoms. The molecule has 10 heteroatoms. The van der Waals surface area contributed by atoms with Gasteiger partial charge in [-0.25, -0.2) is 16.8 Å². The Labute approximate surface area is 188 Å². The molecule has 0 radical (unpaired) electrons. The van der Waals surface area contributed by atoms with E-state index in [1.54, 1.807) is 13.8 Å². The van der Waals surface area contributed by atoms with Gasteiger partial charge in [-0.3, -0.25) is 0 Å². The van der Waals surface area contributed by atoms with E-state index in [0.29, 0.717) is 4.90 Å². The highest BCUT2D eigenvalue weighted by Gasteiger charge is 2.36. The Morgan fingerprint density at radius 3 is 1.70 bits per heavy atom. The van der Waals surface area contributed by atoms with Crippen LogP contribution >= 0.6 is 23.2 Å². The number of sulfonamides is 2. The van der Waals surface area contributed by atoms with Crippen LogP contribution in [-0.2, 0) is 20.0 Å². The van der Waals surface area contributed by atoms with Gasteiger partial charge in [0.2, 0.25) is 20.0 Å². The number of halogens is 2. The highest BCUT2D eigenvalue weighted by Crippen LogP contribution is 2.31. The van der Waals surface area contributed by atoms with Gasteiger partial charge in [0.15, 0.2) is 0 Å². The predicted octanol–water partition coefficient (Wildman–Crippen LogP) is 3.92. The molecule has 2 aromatic rings. The van der Waals surface area contributed by atoms with Crippen LogP contribution in [0.1, 0.15) is 22.3 Å². The molecule has 0 amide bonds. The van der Waals surface area contributed by atoms with Crippen LogP contribution in [0.3, 0.4) is 0 Å². The monoisotopic (exact) mass is 490 g/mol. The van der Waals surface area contributed by atoms with E-state index in [-0.39, 0.29) is 41.1 Å². The van der Waals surface area contributed by atoms with Crippen molar-refractivity contribution in [3.05, 3.63) is 56.6 Å². The summed E-state index contributed by atoms with van der Waals surface area (Å²) in [7, 11) is -7.64. The minimum Gasteiger partial charge on any atom is -0.207 e. The van der Waals surface area contributed by atoms with Crippen LogP contribution in [0.4, 0.5) is 0 Å². The van der Waals surface area contributed by atoms with Crippen LogP contribution in [-0.4, -0.2) is 51.6 Å². The summed E-state index contributed by atoms with van der Waals surface area (Å²) in [6.07, 6.45) is 0. The Morgan fingerprint density at radius 1 is 0.733 bits per heavy atom. The molecule has 1 aliphatic heterocycles. The molecule has 0 atom stereocenters. The third-order valence-electron chi connectivity index (χ3n) is 5.60. The highest BCUT2D eigenvalue weighted by atomic mass is 35.5. The minimum atomic E-state index is -3.88. The maximum Gasteiger partial charge on any atom is 0.244 e. The molecule has 6 nitrogen and oxygen atoms in total. The first-order chi connectivity index (χ1) is 13.9. The topological polar surface area (TPSA) is 74.8 Å². The van der Waals surface area contributed by atoms with Gasteiger partial charge < -0.3 is 0 Å². The predicted molar refractivity (Wildman–Crippen MR) is 119 cm³/mol. The normalized spacial score (nSPS) is 16.7. The number of nitrogens with zero attached hydrogens (tertiary/aromatic N) is 2. The summed E-state index contributed by atoms with van der Waals surface area (Å²) < 4.78 is 55.4. The molecule has 1 saturated heterocycles. The van der Waals surface area contributed by atoms with E-state index in [1.165, 1.54) is 26.8 Å². The highest BCUT2D eigenvalue weighted by molar-refractivity contribution is 7.89. The van der Waals surface area contributed by atoms with E-state index >= 15 is 0 Å². The zero-order valence-corrected chi connectivity index (χ0v) is 20.4. The summed E-state index contributed by atoms with van der Waals surface area (Å²) in [6.45, 7) is 7.57. The summed E-state index contributed by atoms with van der Waals surface area (Å²) >= 11 is 12.0. The lowest BCUT2D eigenvalue weighted by Gasteiger charge is -2.34. The fourth-order valence-corrected chi connectivity index (χ4v) is 7.82. The average molecular weight is 491 g/mol. The van der Waals surface area contributed by atoms with Gasteiger partial charge in [-0.1, -0.05) is 29.3 Å². The van der Waals surface area contributed by atoms with Gasteiger partial charge in [0.25, 0.3) is 0 Å². The van der Waals surface area contributed by atoms with Crippen LogP contribution < -0.4 is 0 Å². The Morgan fingerprint density at radius 2 is 1.20 bits per heavy atom. The third kappa shape index (κ3) is 4.13. The second kappa shape index (κ2) is 8.41. The molecule has 0 N–H and O–H groups in total. The first-order valence-electron chi connectivity index (χ1n) is 9.40. The van der Waals surface area contributed by atoms with E-state index in [9.17, 15) is 16.8 Å². The minimum absolute atomic E-state index is 0.0350. The molecule has 1 heterocycles. The average Bonchev–Trinajstić information content (AvgIpc) is 2.68. The largest absolute Gasteiger partial charge is 0.244 e. The van der Waals surface area contributed by atoms with Gasteiger partial charge in [0.05, 0.1) is 9.92 Å². The lowest BCUT2D eigenvalue weighted by atomic mass is 10.0. The zero-order valence-electron chi connectivity index (χ0n) is 17.2. The quantitative estimate of drug-likeness (QED) is 0.650. The maximum absolute atomic E-state index is 13.4. The van der Waals surface area contributed by atoms with E-state index in [0.717, 1.165) is 22.3 Å². The van der Waals surface area contributed by atoms with E-state index in [4.69, 9.17) is 23.2 Å². The number of piperazine rings is 1. The maximum atomic E-state index is 13.4. The summed E-state index contributed by atoms with van der Waals surface area (Å²) in [4.78, 5) is 0.239. The van der Waals surface area contributed by atoms with E-state index in [1.807, 2.05) is 19.9 Å². The van der Waals surface area contributed by atoms with E-state index in [2.05, 4.69) is 0 Å². The van der Waals surface area contributed by atoms with Crippen molar-refractivity contribution in [2.24, 2.45) is 0 Å². The molecule has 0 spiro atoms. The molecule has 1 fully saturated rings. The molecule has 164 valence electrons. The molecule has 30 heavy (non-hydrogen) atoms. The number of hydrogen-bond acceptors (Lipinski definition) is 4. The lowest BCUT2D eigenvalue weighted by molar-refractivity contribution is 0.272. The second-order valence-electron chi connectivity index (χ2n) is 7.47. The Balaban J connectivity index is 1.88. The molecule has 0 unspecified atom stereocenters. The second-order valence-corrected chi connectivity index (χ2v) is 12.1. The molecule has 0 aliphatic carbocycles. The van der Waals surface area contributed by atoms with Gasteiger partial charge in [-0.05, 0) is 68.1 Å². The SMILES string of the molecule is Cc1cc(C)c(C)c(S(=O)(=O)N2CCN(S(=O)(=O)c3cc(Cl)ccc3Cl)CC2)c1C. The van der Waals surface area contributed by atoms with Crippen molar-refractivity contribution >= 4 is 43.2 Å². The van der Waals surface area contributed by atoms with Gasteiger partial charge in [0.1, 0.15) is 4.90 Å². The van der Waals surface area contributed by atoms with Crippen LogP contribution in [0.5, 0.6) is 0 Å². The molecular weight excluding hydrogens is 467 g/mol. The molecule has 2 aromatic carbocycles. The Kier molecular flexibility index (Phi) is 6.59. The number of benzene rings is 2. The van der Waals surface area contributed by atoms with Crippen LogP contribution in [0, 0.1) is 27.7 Å². The zero-order chi connectivity index (χ0) is 22.4. The molecule has 0 saturated carbocycles. The molecule has 0 aromatic heterocycles. The van der Waals surface area contributed by atoms with E-state index < -0.39 is 20.0 Å². The van der Waals surface area contributed by atoms with Crippen molar-refractivity contribution < 1.29 is 16.8 Å². The van der Waals surface area contributed by atoms with Crippen molar-refractivity contribution in [2.45, 2.75) is 37.5 Å². The number of rotatable bonds is 4. The van der Waals surface area contributed by atoms with Crippen molar-refractivity contribution in [3.63, 3.8) is 0 Å². The standard InChI is InChI=1S/C20H24Cl2N2O4S2/c1-13-11-14(2)16(4)20(15(13)3)30(27,28)24-9-7-23(8-10-24)29(25,26)19-12-17(21)5-6-18(19)22/h5-6,11-12H,7-10H2,1-4H3. The van der Waals surface area contributed by atoms with Crippen LogP contribution in [0.2, 0.25) is 10.0 Å². The Hall–Kier alpha value is -1.16. The fourth-order valence-electron chi connectivity index (χ4n) is 3.66. The fraction of sp³-hybridized carbons (Fsp3) is 0.400. The van der Waals surface area contributed by atoms with Crippen molar-refractivity contribution in [1.29, 1.82) is 0 Å². The first-order valence-corrected chi connectivity index (χ1v) is 13.0. The van der Waals surface area contributed by atoms with Gasteiger partial charge in [0, 0.05) is 31.2 Å². The molecule has 1 aliphatic rings. The van der Waals surface area contributed by atoms with Crippen molar-refractivity contribution in [1.82, 2.24) is 8.61 Å². The van der Waals surface area contributed by atoms with Crippen LogP contribution in [0.25, 0.3) is 0 Å². The van der Waals surface area contributed by atoms with Crippen LogP contribution in [0.15, 0.2) is 34.1 Å².